The zero-order valence-electron chi connectivity index (χ0n) is 14.6. The largest absolute Gasteiger partial charge is 0.352 e. The number of amides is 3. The van der Waals surface area contributed by atoms with Crippen LogP contribution in [0.1, 0.15) is 34.8 Å². The predicted molar refractivity (Wildman–Crippen MR) is 99.7 cm³/mol. The third-order valence-electron chi connectivity index (χ3n) is 4.35. The van der Waals surface area contributed by atoms with Gasteiger partial charge in [-0.25, -0.2) is 0 Å². The minimum Gasteiger partial charge on any atom is -0.352 e. The second-order valence-corrected chi connectivity index (χ2v) is 6.32. The first kappa shape index (κ1) is 18.5. The maximum absolute atomic E-state index is 12.2. The summed E-state index contributed by atoms with van der Waals surface area (Å²) >= 11 is 0. The summed E-state index contributed by atoms with van der Waals surface area (Å²) in [5, 5.41) is 8.15. The van der Waals surface area contributed by atoms with Crippen molar-refractivity contribution in [3.63, 3.8) is 0 Å². The maximum Gasteiger partial charge on any atom is 0.255 e. The second kappa shape index (κ2) is 8.41. The van der Waals surface area contributed by atoms with E-state index in [0.29, 0.717) is 24.1 Å². The summed E-state index contributed by atoms with van der Waals surface area (Å²) in [7, 11) is 0. The van der Waals surface area contributed by atoms with E-state index in [9.17, 15) is 14.4 Å². The Balaban J connectivity index is 1.52. The smallest absolute Gasteiger partial charge is 0.255 e. The summed E-state index contributed by atoms with van der Waals surface area (Å²) in [5.41, 5.74) is 8.07. The van der Waals surface area contributed by atoms with Crippen LogP contribution in [0.4, 0.5) is 5.69 Å². The molecule has 1 aromatic heterocycles. The van der Waals surface area contributed by atoms with Gasteiger partial charge in [-0.05, 0) is 36.2 Å². The van der Waals surface area contributed by atoms with E-state index < -0.39 is 12.1 Å². The zero-order chi connectivity index (χ0) is 19.2. The van der Waals surface area contributed by atoms with Crippen molar-refractivity contribution < 1.29 is 14.4 Å². The van der Waals surface area contributed by atoms with Crippen LogP contribution >= 0.6 is 0 Å². The van der Waals surface area contributed by atoms with Crippen LogP contribution in [0.25, 0.3) is 0 Å². The summed E-state index contributed by atoms with van der Waals surface area (Å²) in [5.74, 6) is -0.573. The van der Waals surface area contributed by atoms with E-state index in [1.165, 1.54) is 0 Å². The molecule has 3 rings (SSSR count). The minimum atomic E-state index is -0.482. The monoisotopic (exact) mass is 367 g/mol. The Morgan fingerprint density at radius 3 is 2.52 bits per heavy atom. The molecule has 2 aromatic rings. The van der Waals surface area contributed by atoms with Crippen molar-refractivity contribution in [1.29, 1.82) is 0 Å². The number of hydrogen-bond acceptors (Lipinski definition) is 5. The highest BCUT2D eigenvalue weighted by Crippen LogP contribution is 2.14. The first-order valence-corrected chi connectivity index (χ1v) is 8.67. The van der Waals surface area contributed by atoms with Crippen LogP contribution in [0.5, 0.6) is 0 Å². The van der Waals surface area contributed by atoms with Gasteiger partial charge in [0.25, 0.3) is 5.91 Å². The number of nitrogens with one attached hydrogen (secondary N) is 3. The molecule has 1 unspecified atom stereocenters. The highest BCUT2D eigenvalue weighted by atomic mass is 16.2. The molecule has 1 aromatic carbocycles. The standard InChI is InChI=1S/C19H21N5O3/c20-15(11-22-19(27)16-5-6-17(25)24-16)12-1-3-13(4-2-12)18(26)23-14-7-9-21-10-8-14/h1-4,7-10,15-16H,5-6,11,20H2,(H,22,27)(H,24,25)(H,21,23,26)/t15?,16-/m0/s1. The molecule has 2 heterocycles. The molecule has 8 heteroatoms. The molecule has 8 nitrogen and oxygen atoms in total. The van der Waals surface area contributed by atoms with Crippen LogP contribution in [0, 0.1) is 0 Å². The van der Waals surface area contributed by atoms with Gasteiger partial charge < -0.3 is 21.7 Å². The normalized spacial score (nSPS) is 17.1. The third kappa shape index (κ3) is 4.89. The third-order valence-corrected chi connectivity index (χ3v) is 4.35. The number of anilines is 1. The topological polar surface area (TPSA) is 126 Å². The van der Waals surface area contributed by atoms with Gasteiger partial charge in [0.1, 0.15) is 6.04 Å². The van der Waals surface area contributed by atoms with E-state index in [2.05, 4.69) is 20.9 Å². The molecule has 3 amide bonds. The molecular formula is C19H21N5O3. The van der Waals surface area contributed by atoms with Gasteiger partial charge in [-0.15, -0.1) is 0 Å². The zero-order valence-corrected chi connectivity index (χ0v) is 14.6. The molecule has 0 aliphatic carbocycles. The number of hydrogen-bond donors (Lipinski definition) is 4. The Bertz CT molecular complexity index is 823. The maximum atomic E-state index is 12.2. The SMILES string of the molecule is NC(CNC(=O)[C@@H]1CCC(=O)N1)c1ccc(C(=O)Nc2ccncc2)cc1. The van der Waals surface area contributed by atoms with E-state index >= 15 is 0 Å². The molecule has 1 saturated heterocycles. The lowest BCUT2D eigenvalue weighted by molar-refractivity contribution is -0.125. The van der Waals surface area contributed by atoms with Crippen LogP contribution < -0.4 is 21.7 Å². The molecule has 1 aliphatic rings. The van der Waals surface area contributed by atoms with Crippen LogP contribution in [0.15, 0.2) is 48.8 Å². The van der Waals surface area contributed by atoms with Crippen LogP contribution in [0.3, 0.4) is 0 Å². The predicted octanol–water partition coefficient (Wildman–Crippen LogP) is 0.729. The molecular weight excluding hydrogens is 346 g/mol. The van der Waals surface area contributed by atoms with Crippen LogP contribution in [0.2, 0.25) is 0 Å². The van der Waals surface area contributed by atoms with E-state index in [4.69, 9.17) is 5.73 Å². The minimum absolute atomic E-state index is 0.111. The fraction of sp³-hybridized carbons (Fsp3) is 0.263. The average Bonchev–Trinajstić information content (AvgIpc) is 3.13. The summed E-state index contributed by atoms with van der Waals surface area (Å²) in [6, 6.07) is 9.41. The quantitative estimate of drug-likeness (QED) is 0.599. The summed E-state index contributed by atoms with van der Waals surface area (Å²) in [6.07, 6.45) is 4.07. The van der Waals surface area contributed by atoms with Crippen molar-refractivity contribution in [3.8, 4) is 0 Å². The number of benzene rings is 1. The Labute approximate surface area is 156 Å². The van der Waals surface area contributed by atoms with Crippen molar-refractivity contribution in [3.05, 3.63) is 59.9 Å². The highest BCUT2D eigenvalue weighted by Gasteiger charge is 2.27. The molecule has 0 saturated carbocycles. The first-order valence-electron chi connectivity index (χ1n) is 8.67. The Kier molecular flexibility index (Phi) is 5.77. The van der Waals surface area contributed by atoms with Gasteiger partial charge in [0, 0.05) is 42.7 Å². The van der Waals surface area contributed by atoms with E-state index in [1.807, 2.05) is 0 Å². The summed E-state index contributed by atoms with van der Waals surface area (Å²) in [6.45, 7) is 0.244. The molecule has 1 aliphatic heterocycles. The number of rotatable bonds is 6. The Morgan fingerprint density at radius 1 is 1.19 bits per heavy atom. The van der Waals surface area contributed by atoms with Crippen molar-refractivity contribution in [1.82, 2.24) is 15.6 Å². The number of carbonyl (C=O) groups excluding carboxylic acids is 3. The van der Waals surface area contributed by atoms with Crippen molar-refractivity contribution in [2.75, 3.05) is 11.9 Å². The van der Waals surface area contributed by atoms with E-state index in [0.717, 1.165) is 5.56 Å². The fourth-order valence-corrected chi connectivity index (χ4v) is 2.78. The molecule has 1 fully saturated rings. The molecule has 27 heavy (non-hydrogen) atoms. The Hall–Kier alpha value is -3.26. The molecule has 5 N–H and O–H groups in total. The second-order valence-electron chi connectivity index (χ2n) is 6.32. The molecule has 0 radical (unpaired) electrons. The Morgan fingerprint density at radius 2 is 1.89 bits per heavy atom. The molecule has 0 spiro atoms. The van der Waals surface area contributed by atoms with Gasteiger partial charge in [0.05, 0.1) is 0 Å². The molecule has 2 atom stereocenters. The van der Waals surface area contributed by atoms with Gasteiger partial charge in [-0.1, -0.05) is 12.1 Å². The van der Waals surface area contributed by atoms with Crippen molar-refractivity contribution >= 4 is 23.4 Å². The summed E-state index contributed by atoms with van der Waals surface area (Å²) in [4.78, 5) is 39.3. The lowest BCUT2D eigenvalue weighted by Gasteiger charge is -2.16. The van der Waals surface area contributed by atoms with Crippen LogP contribution in [-0.4, -0.2) is 35.3 Å². The lowest BCUT2D eigenvalue weighted by Crippen LogP contribution is -2.43. The van der Waals surface area contributed by atoms with E-state index in [1.54, 1.807) is 48.8 Å². The number of carbonyl (C=O) groups is 3. The number of aromatic nitrogens is 1. The number of nitrogens with zero attached hydrogens (tertiary/aromatic N) is 1. The van der Waals surface area contributed by atoms with Gasteiger partial charge in [-0.2, -0.15) is 0 Å². The van der Waals surface area contributed by atoms with Gasteiger partial charge in [0.2, 0.25) is 11.8 Å². The van der Waals surface area contributed by atoms with Crippen LogP contribution in [-0.2, 0) is 9.59 Å². The average molecular weight is 367 g/mol. The van der Waals surface area contributed by atoms with Gasteiger partial charge in [0.15, 0.2) is 0 Å². The molecule has 0 bridgehead atoms. The molecule has 140 valence electrons. The lowest BCUT2D eigenvalue weighted by atomic mass is 10.0. The first-order chi connectivity index (χ1) is 13.0. The summed E-state index contributed by atoms with van der Waals surface area (Å²) < 4.78 is 0. The van der Waals surface area contributed by atoms with Crippen molar-refractivity contribution in [2.24, 2.45) is 5.73 Å². The van der Waals surface area contributed by atoms with Crippen molar-refractivity contribution in [2.45, 2.75) is 24.9 Å². The van der Waals surface area contributed by atoms with E-state index in [-0.39, 0.29) is 24.3 Å². The highest BCUT2D eigenvalue weighted by molar-refractivity contribution is 6.04. The van der Waals surface area contributed by atoms with Gasteiger partial charge >= 0.3 is 0 Å². The fourth-order valence-electron chi connectivity index (χ4n) is 2.78. The number of pyridine rings is 1. The van der Waals surface area contributed by atoms with Gasteiger partial charge in [-0.3, -0.25) is 19.4 Å². The number of nitrogens with two attached hydrogens (primary N) is 1.